The predicted octanol–water partition coefficient (Wildman–Crippen LogP) is 3.00. The summed E-state index contributed by atoms with van der Waals surface area (Å²) in [6.07, 6.45) is -0.173. The lowest BCUT2D eigenvalue weighted by Crippen LogP contribution is -2.58. The standard InChI is InChI=1S/C17H20FNO5/c1-11-4-3-9-19(11,17(22)23)16(21)8-6-14(20)12-5-7-15(24-2)13(18)10-12/h5,7,10-11H,3-4,6,8-9H2,1-2H3/p+1/t11-,19?/m1/s1. The Morgan fingerprint density at radius 2 is 2.04 bits per heavy atom. The number of carbonyl (C=O) groups excluding carboxylic acids is 2. The van der Waals surface area contributed by atoms with Crippen LogP contribution >= 0.6 is 0 Å². The van der Waals surface area contributed by atoms with E-state index in [0.29, 0.717) is 12.8 Å². The molecule has 1 fully saturated rings. The highest BCUT2D eigenvalue weighted by Crippen LogP contribution is 2.29. The molecule has 1 N–H and O–H groups in total. The van der Waals surface area contributed by atoms with Gasteiger partial charge in [-0.05, 0) is 25.1 Å². The van der Waals surface area contributed by atoms with Crippen molar-refractivity contribution in [2.45, 2.75) is 38.6 Å². The molecule has 1 unspecified atom stereocenters. The zero-order valence-electron chi connectivity index (χ0n) is 13.8. The molecule has 130 valence electrons. The minimum atomic E-state index is -1.17. The highest BCUT2D eigenvalue weighted by atomic mass is 19.1. The van der Waals surface area contributed by atoms with Gasteiger partial charge >= 0.3 is 12.0 Å². The molecule has 0 radical (unpaired) electrons. The number of benzene rings is 1. The fourth-order valence-electron chi connectivity index (χ4n) is 3.24. The first-order chi connectivity index (χ1) is 11.3. The maximum atomic E-state index is 13.6. The van der Waals surface area contributed by atoms with Gasteiger partial charge in [-0.1, -0.05) is 0 Å². The van der Waals surface area contributed by atoms with E-state index >= 15 is 0 Å². The normalized spacial score (nSPS) is 23.0. The second kappa shape index (κ2) is 7.09. The van der Waals surface area contributed by atoms with Crippen LogP contribution in [-0.4, -0.2) is 47.1 Å². The zero-order chi connectivity index (χ0) is 17.9. The van der Waals surface area contributed by atoms with Crippen molar-refractivity contribution in [3.63, 3.8) is 0 Å². The second-order valence-corrected chi connectivity index (χ2v) is 6.03. The van der Waals surface area contributed by atoms with Gasteiger partial charge in [-0.15, -0.1) is 0 Å². The lowest BCUT2D eigenvalue weighted by molar-refractivity contribution is -0.792. The van der Waals surface area contributed by atoms with Crippen LogP contribution in [0.15, 0.2) is 18.2 Å². The van der Waals surface area contributed by atoms with Gasteiger partial charge in [0.25, 0.3) is 0 Å². The Balaban J connectivity index is 2.07. The van der Waals surface area contributed by atoms with Crippen molar-refractivity contribution in [1.29, 1.82) is 0 Å². The summed E-state index contributed by atoms with van der Waals surface area (Å²) in [6, 6.07) is 3.53. The third-order valence-electron chi connectivity index (χ3n) is 4.71. The van der Waals surface area contributed by atoms with Crippen molar-refractivity contribution in [3.05, 3.63) is 29.6 Å². The van der Waals surface area contributed by atoms with Gasteiger partial charge in [0.05, 0.1) is 20.1 Å². The molecule has 1 aromatic carbocycles. The number of amides is 2. The van der Waals surface area contributed by atoms with E-state index in [1.807, 2.05) is 0 Å². The molecule has 1 saturated heterocycles. The number of imide groups is 1. The molecule has 1 aromatic rings. The number of hydrogen-bond acceptors (Lipinski definition) is 4. The molecule has 7 heteroatoms. The maximum absolute atomic E-state index is 13.6. The number of likely N-dealkylation sites (tertiary alicyclic amines) is 1. The third kappa shape index (κ3) is 3.17. The van der Waals surface area contributed by atoms with Gasteiger partial charge < -0.3 is 9.84 Å². The van der Waals surface area contributed by atoms with Crippen LogP contribution in [0.5, 0.6) is 5.75 Å². The van der Waals surface area contributed by atoms with Crippen molar-refractivity contribution in [2.75, 3.05) is 13.7 Å². The number of nitrogens with zero attached hydrogens (tertiary/aromatic N) is 1. The van der Waals surface area contributed by atoms with Crippen LogP contribution in [0.3, 0.4) is 0 Å². The molecule has 0 aliphatic carbocycles. The molecule has 2 amide bonds. The molecule has 0 saturated carbocycles. The Kier molecular flexibility index (Phi) is 5.33. The smallest absolute Gasteiger partial charge is 0.494 e. The molecule has 24 heavy (non-hydrogen) atoms. The summed E-state index contributed by atoms with van der Waals surface area (Å²) >= 11 is 0. The summed E-state index contributed by atoms with van der Waals surface area (Å²) < 4.78 is 17.8. The van der Waals surface area contributed by atoms with E-state index in [-0.39, 0.29) is 36.7 Å². The number of methoxy groups -OCH3 is 1. The molecule has 0 bridgehead atoms. The van der Waals surface area contributed by atoms with Crippen LogP contribution in [0.25, 0.3) is 0 Å². The number of halogens is 1. The second-order valence-electron chi connectivity index (χ2n) is 6.03. The SMILES string of the molecule is COc1ccc(C(=O)CCC(=O)[N+]2(C(=O)O)CCC[C@H]2C)cc1F. The quantitative estimate of drug-likeness (QED) is 0.659. The third-order valence-corrected chi connectivity index (χ3v) is 4.71. The van der Waals surface area contributed by atoms with E-state index in [2.05, 4.69) is 0 Å². The van der Waals surface area contributed by atoms with Crippen molar-refractivity contribution >= 4 is 17.8 Å². The highest BCUT2D eigenvalue weighted by molar-refractivity contribution is 5.98. The molecule has 1 aliphatic rings. The lowest BCUT2D eigenvalue weighted by Gasteiger charge is -2.29. The Morgan fingerprint density at radius 1 is 1.33 bits per heavy atom. The number of rotatable bonds is 5. The van der Waals surface area contributed by atoms with Gasteiger partial charge in [0.2, 0.25) is 0 Å². The maximum Gasteiger partial charge on any atom is 0.521 e. The van der Waals surface area contributed by atoms with Crippen molar-refractivity contribution in [2.24, 2.45) is 0 Å². The number of carboxylic acid groups (broad SMARTS) is 1. The number of hydrogen-bond donors (Lipinski definition) is 1. The monoisotopic (exact) mass is 338 g/mol. The summed E-state index contributed by atoms with van der Waals surface area (Å²) in [4.78, 5) is 36.2. The number of carbonyl (C=O) groups is 3. The fraction of sp³-hybridized carbons (Fsp3) is 0.471. The minimum absolute atomic E-state index is 0.0314. The topological polar surface area (TPSA) is 80.7 Å². The summed E-state index contributed by atoms with van der Waals surface area (Å²) in [5.41, 5.74) is 0.137. The largest absolute Gasteiger partial charge is 0.521 e. The number of Topliss-reactive ketones (excluding diaryl/α,β-unsaturated/α-hetero) is 1. The van der Waals surface area contributed by atoms with Gasteiger partial charge in [-0.25, -0.2) is 9.18 Å². The van der Waals surface area contributed by atoms with E-state index in [9.17, 15) is 23.9 Å². The minimum Gasteiger partial charge on any atom is -0.494 e. The van der Waals surface area contributed by atoms with E-state index in [0.717, 1.165) is 6.07 Å². The molecule has 1 aliphatic heterocycles. The van der Waals surface area contributed by atoms with Gasteiger partial charge in [0.15, 0.2) is 17.3 Å². The van der Waals surface area contributed by atoms with Crippen LogP contribution in [0.4, 0.5) is 9.18 Å². The van der Waals surface area contributed by atoms with E-state index < -0.39 is 28.1 Å². The average Bonchev–Trinajstić information content (AvgIpc) is 2.94. The van der Waals surface area contributed by atoms with Gasteiger partial charge in [0, 0.05) is 24.8 Å². The predicted molar refractivity (Wildman–Crippen MR) is 83.4 cm³/mol. The molecule has 2 rings (SSSR count). The molecule has 0 aromatic heterocycles. The Labute approximate surface area is 139 Å². The summed E-state index contributed by atoms with van der Waals surface area (Å²) in [5.74, 6) is -1.50. The van der Waals surface area contributed by atoms with Crippen molar-refractivity contribution in [3.8, 4) is 5.75 Å². The average molecular weight is 338 g/mol. The van der Waals surface area contributed by atoms with Crippen molar-refractivity contribution in [1.82, 2.24) is 0 Å². The van der Waals surface area contributed by atoms with E-state index in [1.54, 1.807) is 6.92 Å². The van der Waals surface area contributed by atoms with Gasteiger partial charge in [-0.2, -0.15) is 9.28 Å². The number of ketones is 1. The fourth-order valence-corrected chi connectivity index (χ4v) is 3.24. The van der Waals surface area contributed by atoms with Crippen LogP contribution in [0, 0.1) is 5.82 Å². The summed E-state index contributed by atoms with van der Waals surface area (Å²) in [5, 5.41) is 9.48. The molecular formula is C17H21FNO5+. The highest BCUT2D eigenvalue weighted by Gasteiger charge is 2.52. The summed E-state index contributed by atoms with van der Waals surface area (Å²) in [6.45, 7) is 1.99. The van der Waals surface area contributed by atoms with Gasteiger partial charge in [0.1, 0.15) is 6.04 Å². The molecule has 2 atom stereocenters. The lowest BCUT2D eigenvalue weighted by atomic mass is 10.0. The zero-order valence-corrected chi connectivity index (χ0v) is 13.8. The van der Waals surface area contributed by atoms with Crippen LogP contribution in [-0.2, 0) is 4.79 Å². The molecular weight excluding hydrogens is 317 g/mol. The molecule has 0 spiro atoms. The molecule has 6 nitrogen and oxygen atoms in total. The van der Waals surface area contributed by atoms with Crippen LogP contribution in [0.2, 0.25) is 0 Å². The van der Waals surface area contributed by atoms with Crippen LogP contribution in [0.1, 0.15) is 43.0 Å². The number of ether oxygens (including phenoxy) is 1. The Morgan fingerprint density at radius 3 is 2.54 bits per heavy atom. The molecule has 1 heterocycles. The summed E-state index contributed by atoms with van der Waals surface area (Å²) in [7, 11) is 1.32. The Bertz CT molecular complexity index is 675. The van der Waals surface area contributed by atoms with E-state index in [4.69, 9.17) is 4.74 Å². The van der Waals surface area contributed by atoms with E-state index in [1.165, 1.54) is 19.2 Å². The Hall–Kier alpha value is -2.28. The first-order valence-electron chi connectivity index (χ1n) is 7.84. The van der Waals surface area contributed by atoms with Crippen molar-refractivity contribution < 1.29 is 33.1 Å². The first kappa shape index (κ1) is 18.1. The first-order valence-corrected chi connectivity index (χ1v) is 7.84. The number of quaternary nitrogens is 1. The van der Waals surface area contributed by atoms with Gasteiger partial charge in [-0.3, -0.25) is 4.79 Å². The van der Waals surface area contributed by atoms with Crippen LogP contribution < -0.4 is 4.74 Å².